The monoisotopic (exact) mass is 346 g/mol. The first-order chi connectivity index (χ1) is 9.70. The first-order valence-electron chi connectivity index (χ1n) is 6.04. The van der Waals surface area contributed by atoms with Gasteiger partial charge in [-0.25, -0.2) is 9.37 Å². The van der Waals surface area contributed by atoms with Gasteiger partial charge in [-0.15, -0.1) is 0 Å². The Balaban J connectivity index is 1.95. The highest BCUT2D eigenvalue weighted by atomic mass is 79.9. The van der Waals surface area contributed by atoms with Crippen LogP contribution >= 0.6 is 27.3 Å². The Morgan fingerprint density at radius 1 is 1.15 bits per heavy atom. The molecule has 0 atom stereocenters. The maximum absolute atomic E-state index is 13.3. The van der Waals surface area contributed by atoms with Crippen molar-refractivity contribution in [2.45, 2.75) is 0 Å². The van der Waals surface area contributed by atoms with Crippen LogP contribution in [0.5, 0.6) is 0 Å². The zero-order chi connectivity index (χ0) is 13.7. The van der Waals surface area contributed by atoms with E-state index in [0.29, 0.717) is 0 Å². The number of benzene rings is 2. The van der Waals surface area contributed by atoms with E-state index in [9.17, 15) is 4.39 Å². The summed E-state index contributed by atoms with van der Waals surface area (Å²) in [6.45, 7) is 0. The molecule has 2 nitrogen and oxygen atoms in total. The Labute approximate surface area is 126 Å². The number of fused-ring (bicyclic) bond motifs is 3. The molecule has 4 aromatic rings. The lowest BCUT2D eigenvalue weighted by molar-refractivity contribution is 0.628. The van der Waals surface area contributed by atoms with Crippen LogP contribution in [-0.2, 0) is 0 Å². The zero-order valence-corrected chi connectivity index (χ0v) is 12.6. The Bertz CT molecular complexity index is 942. The number of rotatable bonds is 1. The Kier molecular flexibility index (Phi) is 2.65. The fourth-order valence-corrected chi connectivity index (χ4v) is 3.82. The van der Waals surface area contributed by atoms with Gasteiger partial charge in [-0.1, -0.05) is 39.4 Å². The second kappa shape index (κ2) is 4.40. The summed E-state index contributed by atoms with van der Waals surface area (Å²) in [6, 6.07) is 12.7. The Hall–Kier alpha value is -1.72. The first kappa shape index (κ1) is 12.1. The van der Waals surface area contributed by atoms with E-state index in [1.54, 1.807) is 17.4 Å². The Morgan fingerprint density at radius 2 is 2.05 bits per heavy atom. The largest absolute Gasteiger partial charge is 0.290 e. The van der Waals surface area contributed by atoms with Crippen molar-refractivity contribution in [3.63, 3.8) is 0 Å². The highest BCUT2D eigenvalue weighted by Gasteiger charge is 2.10. The SMILES string of the molecule is Fc1cccc(-c2cn3c(n2)sc2cc(Br)ccc23)c1. The highest BCUT2D eigenvalue weighted by Crippen LogP contribution is 2.31. The maximum Gasteiger partial charge on any atom is 0.195 e. The van der Waals surface area contributed by atoms with Crippen molar-refractivity contribution in [3.8, 4) is 11.3 Å². The van der Waals surface area contributed by atoms with Crippen molar-refractivity contribution in [2.24, 2.45) is 0 Å². The number of nitrogens with zero attached hydrogens (tertiary/aromatic N) is 2. The molecule has 4 rings (SSSR count). The van der Waals surface area contributed by atoms with E-state index in [1.807, 2.05) is 22.7 Å². The smallest absolute Gasteiger partial charge is 0.195 e. The molecule has 0 fully saturated rings. The number of hydrogen-bond acceptors (Lipinski definition) is 2. The van der Waals surface area contributed by atoms with Crippen LogP contribution in [0.1, 0.15) is 0 Å². The van der Waals surface area contributed by atoms with E-state index >= 15 is 0 Å². The molecule has 0 spiro atoms. The summed E-state index contributed by atoms with van der Waals surface area (Å²) >= 11 is 5.10. The number of thiazole rings is 1. The summed E-state index contributed by atoms with van der Waals surface area (Å²) in [5, 5.41) is 0. The molecule has 2 aromatic carbocycles. The lowest BCUT2D eigenvalue weighted by atomic mass is 10.2. The molecule has 0 radical (unpaired) electrons. The van der Waals surface area contributed by atoms with Crippen molar-refractivity contribution in [1.82, 2.24) is 9.38 Å². The van der Waals surface area contributed by atoms with Crippen molar-refractivity contribution >= 4 is 42.4 Å². The highest BCUT2D eigenvalue weighted by molar-refractivity contribution is 9.10. The van der Waals surface area contributed by atoms with E-state index in [1.165, 1.54) is 16.8 Å². The molecule has 98 valence electrons. The average molecular weight is 347 g/mol. The van der Waals surface area contributed by atoms with Crippen LogP contribution < -0.4 is 0 Å². The molecule has 0 unspecified atom stereocenters. The third kappa shape index (κ3) is 1.85. The van der Waals surface area contributed by atoms with Crippen molar-refractivity contribution < 1.29 is 4.39 Å². The number of halogens is 2. The number of hydrogen-bond donors (Lipinski definition) is 0. The Morgan fingerprint density at radius 3 is 2.90 bits per heavy atom. The van der Waals surface area contributed by atoms with E-state index < -0.39 is 0 Å². The molecule has 0 aliphatic carbocycles. The molecule has 20 heavy (non-hydrogen) atoms. The van der Waals surface area contributed by atoms with E-state index in [0.717, 1.165) is 26.2 Å². The minimum absolute atomic E-state index is 0.243. The van der Waals surface area contributed by atoms with Gasteiger partial charge >= 0.3 is 0 Å². The summed E-state index contributed by atoms with van der Waals surface area (Å²) in [7, 11) is 0. The molecule has 2 aromatic heterocycles. The molecular formula is C15H8BrFN2S. The van der Waals surface area contributed by atoms with Crippen LogP contribution in [0.2, 0.25) is 0 Å². The van der Waals surface area contributed by atoms with Gasteiger partial charge in [0.15, 0.2) is 4.96 Å². The summed E-state index contributed by atoms with van der Waals surface area (Å²) in [6.07, 6.45) is 1.96. The van der Waals surface area contributed by atoms with Crippen LogP contribution in [0.15, 0.2) is 53.1 Å². The van der Waals surface area contributed by atoms with Gasteiger partial charge in [-0.3, -0.25) is 4.40 Å². The van der Waals surface area contributed by atoms with Gasteiger partial charge in [0.05, 0.1) is 15.9 Å². The van der Waals surface area contributed by atoms with Gasteiger partial charge in [0, 0.05) is 16.2 Å². The molecule has 0 saturated carbocycles. The standard InChI is InChI=1S/C15H8BrFN2S/c16-10-4-5-13-14(7-10)20-15-18-12(8-19(13)15)9-2-1-3-11(17)6-9/h1-8H. The van der Waals surface area contributed by atoms with Crippen LogP contribution in [0, 0.1) is 5.82 Å². The average Bonchev–Trinajstić information content (AvgIpc) is 2.95. The summed E-state index contributed by atoms with van der Waals surface area (Å²) in [5.74, 6) is -0.243. The second-order valence-electron chi connectivity index (χ2n) is 4.50. The predicted molar refractivity (Wildman–Crippen MR) is 83.7 cm³/mol. The van der Waals surface area contributed by atoms with Crippen molar-refractivity contribution in [1.29, 1.82) is 0 Å². The lowest BCUT2D eigenvalue weighted by Crippen LogP contribution is -1.79. The van der Waals surface area contributed by atoms with Gasteiger partial charge in [0.2, 0.25) is 0 Å². The third-order valence-corrected chi connectivity index (χ3v) is 4.69. The topological polar surface area (TPSA) is 17.3 Å². The first-order valence-corrected chi connectivity index (χ1v) is 7.65. The zero-order valence-electron chi connectivity index (χ0n) is 10.2. The predicted octanol–water partition coefficient (Wildman–Crippen LogP) is 5.12. The molecule has 2 heterocycles. The molecule has 5 heteroatoms. The van der Waals surface area contributed by atoms with Crippen molar-refractivity contribution in [3.05, 3.63) is 59.0 Å². The summed E-state index contributed by atoms with van der Waals surface area (Å²) in [4.78, 5) is 5.50. The van der Waals surface area contributed by atoms with Crippen LogP contribution in [-0.4, -0.2) is 9.38 Å². The minimum atomic E-state index is -0.243. The summed E-state index contributed by atoms with van der Waals surface area (Å²) in [5.41, 5.74) is 2.70. The molecule has 0 saturated heterocycles. The molecule has 0 amide bonds. The summed E-state index contributed by atoms with van der Waals surface area (Å²) < 4.78 is 17.6. The quantitative estimate of drug-likeness (QED) is 0.467. The van der Waals surface area contributed by atoms with Crippen LogP contribution in [0.3, 0.4) is 0 Å². The molecule has 0 aliphatic heterocycles. The fourth-order valence-electron chi connectivity index (χ4n) is 2.26. The van der Waals surface area contributed by atoms with Gasteiger partial charge in [-0.05, 0) is 30.3 Å². The molecule has 0 N–H and O–H groups in total. The van der Waals surface area contributed by atoms with Gasteiger partial charge < -0.3 is 0 Å². The van der Waals surface area contributed by atoms with E-state index in [2.05, 4.69) is 33.0 Å². The second-order valence-corrected chi connectivity index (χ2v) is 6.43. The van der Waals surface area contributed by atoms with E-state index in [4.69, 9.17) is 0 Å². The minimum Gasteiger partial charge on any atom is -0.290 e. The van der Waals surface area contributed by atoms with Gasteiger partial charge in [0.1, 0.15) is 5.82 Å². The normalized spacial score (nSPS) is 11.5. The van der Waals surface area contributed by atoms with Crippen molar-refractivity contribution in [2.75, 3.05) is 0 Å². The van der Waals surface area contributed by atoms with Crippen LogP contribution in [0.25, 0.3) is 26.4 Å². The molecule has 0 aliphatic rings. The number of imidazole rings is 1. The molecule has 0 bridgehead atoms. The maximum atomic E-state index is 13.3. The third-order valence-electron chi connectivity index (χ3n) is 3.18. The van der Waals surface area contributed by atoms with Crippen LogP contribution in [0.4, 0.5) is 4.39 Å². The number of aromatic nitrogens is 2. The van der Waals surface area contributed by atoms with Gasteiger partial charge in [0.25, 0.3) is 0 Å². The van der Waals surface area contributed by atoms with Gasteiger partial charge in [-0.2, -0.15) is 0 Å². The fraction of sp³-hybridized carbons (Fsp3) is 0. The molecular weight excluding hydrogens is 339 g/mol. The van der Waals surface area contributed by atoms with E-state index in [-0.39, 0.29) is 5.82 Å². The lowest BCUT2D eigenvalue weighted by Gasteiger charge is -1.96.